The number of methoxy groups -OCH3 is 1. The molecular weight excluding hydrogens is 436 g/mol. The van der Waals surface area contributed by atoms with Gasteiger partial charge in [-0.1, -0.05) is 18.6 Å². The van der Waals surface area contributed by atoms with Crippen molar-refractivity contribution in [1.29, 1.82) is 0 Å². The molecule has 0 saturated carbocycles. The van der Waals surface area contributed by atoms with Crippen LogP contribution < -0.4 is 14.2 Å². The number of amides is 1. The van der Waals surface area contributed by atoms with Crippen molar-refractivity contribution in [2.45, 2.75) is 25.3 Å². The molecule has 0 bridgehead atoms. The van der Waals surface area contributed by atoms with Crippen LogP contribution in [0.1, 0.15) is 36.4 Å². The second-order valence-electron chi connectivity index (χ2n) is 8.74. The van der Waals surface area contributed by atoms with E-state index in [4.69, 9.17) is 14.2 Å². The summed E-state index contributed by atoms with van der Waals surface area (Å²) >= 11 is 0. The number of fused-ring (bicyclic) bond motifs is 1. The zero-order chi connectivity index (χ0) is 23.7. The van der Waals surface area contributed by atoms with Gasteiger partial charge < -0.3 is 29.1 Å². The van der Waals surface area contributed by atoms with Gasteiger partial charge in [0.2, 0.25) is 6.79 Å². The standard InChI is InChI=1S/C26H28N2O6/c1-32-19-8-5-17(6-9-19)23-22(24(29)18-7-10-20-21(15-18)34-16-33-20)25(30)26(31)28(23)14-13-27-11-3-2-4-12-27/h5-10,15,23,29H,2-4,11-14,16H2,1H3/b24-22+. The number of carbonyl (C=O) groups excluding carboxylic acids is 2. The van der Waals surface area contributed by atoms with Gasteiger partial charge in [0.1, 0.15) is 11.5 Å². The molecule has 1 unspecified atom stereocenters. The molecule has 178 valence electrons. The predicted molar refractivity (Wildman–Crippen MR) is 125 cm³/mol. The van der Waals surface area contributed by atoms with E-state index in [1.807, 2.05) is 12.1 Å². The molecule has 2 fully saturated rings. The Bertz CT molecular complexity index is 1120. The number of rotatable bonds is 6. The second kappa shape index (κ2) is 9.38. The van der Waals surface area contributed by atoms with Crippen LogP contribution in [0.4, 0.5) is 0 Å². The SMILES string of the molecule is COc1ccc(C2/C(=C(\O)c3ccc4c(c3)OCO4)C(=O)C(=O)N2CCN2CCCCC2)cc1. The van der Waals surface area contributed by atoms with Crippen molar-refractivity contribution in [3.8, 4) is 17.2 Å². The molecule has 1 amide bonds. The average molecular weight is 465 g/mol. The van der Waals surface area contributed by atoms with Crippen molar-refractivity contribution in [3.63, 3.8) is 0 Å². The smallest absolute Gasteiger partial charge is 0.295 e. The number of hydrogen-bond donors (Lipinski definition) is 1. The van der Waals surface area contributed by atoms with Crippen molar-refractivity contribution in [1.82, 2.24) is 9.80 Å². The molecule has 3 heterocycles. The van der Waals surface area contributed by atoms with E-state index in [1.54, 1.807) is 42.3 Å². The van der Waals surface area contributed by atoms with E-state index in [2.05, 4.69) is 4.90 Å². The fraction of sp³-hybridized carbons (Fsp3) is 0.385. The van der Waals surface area contributed by atoms with Gasteiger partial charge in [-0.15, -0.1) is 0 Å². The van der Waals surface area contributed by atoms with Crippen LogP contribution in [0.3, 0.4) is 0 Å². The first-order valence-electron chi connectivity index (χ1n) is 11.6. The Morgan fingerprint density at radius 3 is 2.47 bits per heavy atom. The van der Waals surface area contributed by atoms with Crippen molar-refractivity contribution >= 4 is 17.4 Å². The van der Waals surface area contributed by atoms with Crippen LogP contribution in [-0.2, 0) is 9.59 Å². The second-order valence-corrected chi connectivity index (χ2v) is 8.74. The molecule has 8 heteroatoms. The number of Topliss-reactive ketones (excluding diaryl/α,β-unsaturated/α-hetero) is 1. The highest BCUT2D eigenvalue weighted by atomic mass is 16.7. The Morgan fingerprint density at radius 1 is 1.00 bits per heavy atom. The number of ketones is 1. The lowest BCUT2D eigenvalue weighted by atomic mass is 9.95. The van der Waals surface area contributed by atoms with Gasteiger partial charge >= 0.3 is 0 Å². The molecule has 34 heavy (non-hydrogen) atoms. The van der Waals surface area contributed by atoms with Crippen LogP contribution in [0.25, 0.3) is 5.76 Å². The number of aliphatic hydroxyl groups is 1. The van der Waals surface area contributed by atoms with E-state index < -0.39 is 17.7 Å². The Morgan fingerprint density at radius 2 is 1.74 bits per heavy atom. The Kier molecular flexibility index (Phi) is 6.15. The maximum absolute atomic E-state index is 13.2. The lowest BCUT2D eigenvalue weighted by Gasteiger charge is -2.31. The first-order valence-corrected chi connectivity index (χ1v) is 11.6. The summed E-state index contributed by atoms with van der Waals surface area (Å²) in [5.74, 6) is 0.229. The third-order valence-electron chi connectivity index (χ3n) is 6.72. The van der Waals surface area contributed by atoms with Crippen molar-refractivity contribution in [3.05, 3.63) is 59.2 Å². The zero-order valence-electron chi connectivity index (χ0n) is 19.2. The molecule has 0 aliphatic carbocycles. The van der Waals surface area contributed by atoms with Crippen LogP contribution in [0.15, 0.2) is 48.0 Å². The third kappa shape index (κ3) is 4.09. The molecule has 3 aliphatic rings. The zero-order valence-corrected chi connectivity index (χ0v) is 19.2. The van der Waals surface area contributed by atoms with E-state index in [0.29, 0.717) is 35.9 Å². The molecule has 0 radical (unpaired) electrons. The highest BCUT2D eigenvalue weighted by molar-refractivity contribution is 6.46. The Hall–Kier alpha value is -3.52. The van der Waals surface area contributed by atoms with E-state index in [-0.39, 0.29) is 18.1 Å². The van der Waals surface area contributed by atoms with Gasteiger partial charge in [-0.25, -0.2) is 0 Å². The quantitative estimate of drug-likeness (QED) is 0.399. The number of ether oxygens (including phenoxy) is 3. The minimum atomic E-state index is -0.693. The molecule has 8 nitrogen and oxygen atoms in total. The van der Waals surface area contributed by atoms with E-state index in [9.17, 15) is 14.7 Å². The summed E-state index contributed by atoms with van der Waals surface area (Å²) in [6, 6.07) is 11.5. The molecule has 2 saturated heterocycles. The average Bonchev–Trinajstić information content (AvgIpc) is 3.45. The van der Waals surface area contributed by atoms with Gasteiger partial charge in [0.15, 0.2) is 11.5 Å². The van der Waals surface area contributed by atoms with E-state index in [1.165, 1.54) is 6.42 Å². The lowest BCUT2D eigenvalue weighted by molar-refractivity contribution is -0.140. The normalized spacial score (nSPS) is 21.8. The van der Waals surface area contributed by atoms with Crippen molar-refractivity contribution < 1.29 is 28.9 Å². The topological polar surface area (TPSA) is 88.5 Å². The molecule has 1 N–H and O–H groups in total. The molecule has 0 aromatic heterocycles. The Balaban J connectivity index is 1.53. The van der Waals surface area contributed by atoms with Crippen LogP contribution in [-0.4, -0.2) is 66.7 Å². The maximum atomic E-state index is 13.2. The van der Waals surface area contributed by atoms with Gasteiger partial charge in [0, 0.05) is 18.7 Å². The van der Waals surface area contributed by atoms with Crippen LogP contribution in [0, 0.1) is 0 Å². The summed E-state index contributed by atoms with van der Waals surface area (Å²) in [6.07, 6.45) is 3.51. The maximum Gasteiger partial charge on any atom is 0.295 e. The van der Waals surface area contributed by atoms with Gasteiger partial charge in [-0.05, 0) is 61.8 Å². The molecule has 3 aliphatic heterocycles. The molecule has 5 rings (SSSR count). The van der Waals surface area contributed by atoms with Gasteiger partial charge in [-0.2, -0.15) is 0 Å². The number of nitrogens with zero attached hydrogens (tertiary/aromatic N) is 2. The van der Waals surface area contributed by atoms with Crippen molar-refractivity contribution in [2.75, 3.05) is 40.1 Å². The van der Waals surface area contributed by atoms with Gasteiger partial charge in [0.25, 0.3) is 11.7 Å². The number of aliphatic hydroxyl groups excluding tert-OH is 1. The third-order valence-corrected chi connectivity index (χ3v) is 6.72. The molecule has 2 aromatic carbocycles. The first-order chi connectivity index (χ1) is 16.6. The van der Waals surface area contributed by atoms with E-state index in [0.717, 1.165) is 31.5 Å². The van der Waals surface area contributed by atoms with Gasteiger partial charge in [0.05, 0.1) is 18.7 Å². The first kappa shape index (κ1) is 22.3. The largest absolute Gasteiger partial charge is 0.507 e. The number of piperidine rings is 1. The van der Waals surface area contributed by atoms with Crippen LogP contribution in [0.5, 0.6) is 17.2 Å². The van der Waals surface area contributed by atoms with Crippen molar-refractivity contribution in [2.24, 2.45) is 0 Å². The van der Waals surface area contributed by atoms with Gasteiger partial charge in [-0.3, -0.25) is 9.59 Å². The predicted octanol–water partition coefficient (Wildman–Crippen LogP) is 3.33. The van der Waals surface area contributed by atoms with Crippen LogP contribution in [0.2, 0.25) is 0 Å². The molecular formula is C26H28N2O6. The number of benzene rings is 2. The highest BCUT2D eigenvalue weighted by Gasteiger charge is 2.46. The number of hydrogen-bond acceptors (Lipinski definition) is 7. The molecule has 0 spiro atoms. The summed E-state index contributed by atoms with van der Waals surface area (Å²) in [7, 11) is 1.58. The minimum Gasteiger partial charge on any atom is -0.507 e. The number of likely N-dealkylation sites (tertiary alicyclic amines) is 2. The van der Waals surface area contributed by atoms with E-state index >= 15 is 0 Å². The number of carbonyl (C=O) groups is 2. The summed E-state index contributed by atoms with van der Waals surface area (Å²) in [4.78, 5) is 30.3. The summed E-state index contributed by atoms with van der Waals surface area (Å²) in [5, 5.41) is 11.3. The summed E-state index contributed by atoms with van der Waals surface area (Å²) < 4.78 is 16.0. The summed E-state index contributed by atoms with van der Waals surface area (Å²) in [6.45, 7) is 3.18. The summed E-state index contributed by atoms with van der Waals surface area (Å²) in [5.41, 5.74) is 1.21. The fourth-order valence-corrected chi connectivity index (χ4v) is 4.87. The lowest BCUT2D eigenvalue weighted by Crippen LogP contribution is -2.39. The fourth-order valence-electron chi connectivity index (χ4n) is 4.87. The monoisotopic (exact) mass is 464 g/mol. The molecule has 2 aromatic rings. The minimum absolute atomic E-state index is 0.0766. The molecule has 1 atom stereocenters. The Labute approximate surface area is 198 Å². The van der Waals surface area contributed by atoms with Crippen LogP contribution >= 0.6 is 0 Å². The highest BCUT2D eigenvalue weighted by Crippen LogP contribution is 2.41.